The van der Waals surface area contributed by atoms with E-state index in [1.54, 1.807) is 11.9 Å². The first kappa shape index (κ1) is 22.2. The summed E-state index contributed by atoms with van der Waals surface area (Å²) in [5, 5.41) is 3.54. The largest absolute Gasteiger partial charge is 0.335 e. The number of hydrogen-bond donors (Lipinski definition) is 1. The third-order valence-corrected chi connectivity index (χ3v) is 7.16. The molecule has 0 aliphatic carbocycles. The van der Waals surface area contributed by atoms with E-state index in [1.807, 2.05) is 39.0 Å². The van der Waals surface area contributed by atoms with E-state index in [2.05, 4.69) is 15.2 Å². The Bertz CT molecular complexity index is 1230. The average Bonchev–Trinajstić information content (AvgIpc) is 3.10. The fraction of sp³-hybridized carbons (Fsp3) is 0.391. The Hall–Kier alpha value is -3.04. The number of carbonyl (C=O) groups excluding carboxylic acids is 2. The van der Waals surface area contributed by atoms with Gasteiger partial charge in [0.25, 0.3) is 11.5 Å². The molecule has 168 valence electrons. The number of hydrogen-bond acceptors (Lipinski definition) is 6. The molecule has 0 radical (unpaired) electrons. The minimum Gasteiger partial charge on any atom is -0.335 e. The molecule has 3 heterocycles. The highest BCUT2D eigenvalue weighted by molar-refractivity contribution is 7.20. The summed E-state index contributed by atoms with van der Waals surface area (Å²) in [5.74, 6) is -0.128. The van der Waals surface area contributed by atoms with Crippen molar-refractivity contribution in [2.75, 3.05) is 38.0 Å². The Morgan fingerprint density at radius 3 is 2.41 bits per heavy atom. The van der Waals surface area contributed by atoms with Crippen LogP contribution in [0.25, 0.3) is 10.2 Å². The predicted octanol–water partition coefficient (Wildman–Crippen LogP) is 2.32. The van der Waals surface area contributed by atoms with Crippen LogP contribution in [0.5, 0.6) is 0 Å². The van der Waals surface area contributed by atoms with Crippen molar-refractivity contribution in [1.29, 1.82) is 0 Å². The van der Waals surface area contributed by atoms with Crippen molar-refractivity contribution in [3.63, 3.8) is 0 Å². The van der Waals surface area contributed by atoms with Crippen LogP contribution in [0.4, 0.5) is 5.69 Å². The molecule has 1 N–H and O–H groups in total. The number of fused-ring (bicyclic) bond motifs is 1. The van der Waals surface area contributed by atoms with E-state index in [9.17, 15) is 14.4 Å². The van der Waals surface area contributed by atoms with Crippen molar-refractivity contribution in [3.05, 3.63) is 56.4 Å². The van der Waals surface area contributed by atoms with Gasteiger partial charge >= 0.3 is 0 Å². The molecule has 0 saturated carbocycles. The van der Waals surface area contributed by atoms with E-state index in [0.29, 0.717) is 46.8 Å². The minimum absolute atomic E-state index is 0.0514. The maximum absolute atomic E-state index is 13.1. The van der Waals surface area contributed by atoms with Crippen LogP contribution in [0.3, 0.4) is 0 Å². The number of aryl methyl sites for hydroxylation is 4. The predicted molar refractivity (Wildman–Crippen MR) is 126 cm³/mol. The van der Waals surface area contributed by atoms with Crippen LogP contribution in [0, 0.1) is 20.8 Å². The van der Waals surface area contributed by atoms with Crippen LogP contribution >= 0.6 is 11.3 Å². The van der Waals surface area contributed by atoms with Gasteiger partial charge in [0.2, 0.25) is 5.91 Å². The maximum Gasteiger partial charge on any atom is 0.264 e. The van der Waals surface area contributed by atoms with E-state index >= 15 is 0 Å². The normalized spacial score (nSPS) is 14.7. The third kappa shape index (κ3) is 4.18. The zero-order valence-electron chi connectivity index (χ0n) is 18.8. The van der Waals surface area contributed by atoms with Crippen molar-refractivity contribution in [1.82, 2.24) is 19.4 Å². The Labute approximate surface area is 190 Å². The fourth-order valence-corrected chi connectivity index (χ4v) is 5.17. The molecule has 8 nitrogen and oxygen atoms in total. The Morgan fingerprint density at radius 1 is 1.09 bits per heavy atom. The number of nitrogens with zero attached hydrogens (tertiary/aromatic N) is 4. The summed E-state index contributed by atoms with van der Waals surface area (Å²) in [5.41, 5.74) is 3.50. The summed E-state index contributed by atoms with van der Waals surface area (Å²) >= 11 is 1.27. The Kier molecular flexibility index (Phi) is 6.12. The molecule has 2 amide bonds. The molecule has 0 bridgehead atoms. The van der Waals surface area contributed by atoms with Gasteiger partial charge in [-0.1, -0.05) is 18.2 Å². The standard InChI is InChI=1S/C23H27N5O3S/c1-14-6-5-7-15(2)19(14)25-17(29)12-27-8-10-28(11-9-27)23(31)20-16(3)18-21(32-20)24-13-26(4)22(18)30/h5-7,13H,8-12H2,1-4H3,(H,25,29). The number of piperazine rings is 1. The maximum atomic E-state index is 13.1. The molecule has 1 aromatic carbocycles. The van der Waals surface area contributed by atoms with Gasteiger partial charge in [0.1, 0.15) is 4.83 Å². The number of thiophene rings is 1. The number of carbonyl (C=O) groups is 2. The van der Waals surface area contributed by atoms with E-state index < -0.39 is 0 Å². The number of aromatic nitrogens is 2. The Morgan fingerprint density at radius 2 is 1.75 bits per heavy atom. The summed E-state index contributed by atoms with van der Waals surface area (Å²) < 4.78 is 1.43. The minimum atomic E-state index is -0.137. The summed E-state index contributed by atoms with van der Waals surface area (Å²) in [6.45, 7) is 8.37. The monoisotopic (exact) mass is 453 g/mol. The number of rotatable bonds is 4. The van der Waals surface area contributed by atoms with Gasteiger partial charge in [-0.05, 0) is 37.5 Å². The number of para-hydroxylation sites is 1. The molecule has 0 atom stereocenters. The number of nitrogens with one attached hydrogen (secondary N) is 1. The van der Waals surface area contributed by atoms with Crippen LogP contribution in [0.15, 0.2) is 29.3 Å². The van der Waals surface area contributed by atoms with Crippen LogP contribution in [-0.4, -0.2) is 63.9 Å². The molecule has 32 heavy (non-hydrogen) atoms. The van der Waals surface area contributed by atoms with Crippen LogP contribution in [0.1, 0.15) is 26.4 Å². The first-order valence-electron chi connectivity index (χ1n) is 10.6. The highest BCUT2D eigenvalue weighted by Gasteiger charge is 2.27. The smallest absolute Gasteiger partial charge is 0.264 e. The lowest BCUT2D eigenvalue weighted by atomic mass is 10.1. The van der Waals surface area contributed by atoms with Gasteiger partial charge in [-0.3, -0.25) is 19.3 Å². The second kappa shape index (κ2) is 8.84. The van der Waals surface area contributed by atoms with Crippen LogP contribution in [0.2, 0.25) is 0 Å². The van der Waals surface area contributed by atoms with E-state index in [0.717, 1.165) is 16.8 Å². The van der Waals surface area contributed by atoms with E-state index in [1.165, 1.54) is 22.2 Å². The number of amides is 2. The van der Waals surface area contributed by atoms with Crippen LogP contribution in [-0.2, 0) is 11.8 Å². The lowest BCUT2D eigenvalue weighted by Gasteiger charge is -2.34. The highest BCUT2D eigenvalue weighted by Crippen LogP contribution is 2.28. The van der Waals surface area contributed by atoms with E-state index in [4.69, 9.17) is 0 Å². The SMILES string of the molecule is Cc1cccc(C)c1NC(=O)CN1CCN(C(=O)c2sc3ncn(C)c(=O)c3c2C)CC1. The lowest BCUT2D eigenvalue weighted by Crippen LogP contribution is -2.50. The van der Waals surface area contributed by atoms with Crippen LogP contribution < -0.4 is 10.9 Å². The Balaban J connectivity index is 1.39. The van der Waals surface area contributed by atoms with Gasteiger partial charge in [-0.15, -0.1) is 11.3 Å². The molecule has 1 aliphatic rings. The molecular formula is C23H27N5O3S. The van der Waals surface area contributed by atoms with E-state index in [-0.39, 0.29) is 23.9 Å². The summed E-state index contributed by atoms with van der Waals surface area (Å²) in [6, 6.07) is 5.94. The number of anilines is 1. The molecule has 4 rings (SSSR count). The molecule has 9 heteroatoms. The topological polar surface area (TPSA) is 87.5 Å². The van der Waals surface area contributed by atoms with Crippen molar-refractivity contribution in [2.45, 2.75) is 20.8 Å². The van der Waals surface area contributed by atoms with Crippen molar-refractivity contribution in [3.8, 4) is 0 Å². The van der Waals surface area contributed by atoms with Crippen molar-refractivity contribution in [2.24, 2.45) is 7.05 Å². The van der Waals surface area contributed by atoms with Crippen molar-refractivity contribution >= 4 is 39.1 Å². The molecule has 1 saturated heterocycles. The summed E-state index contributed by atoms with van der Waals surface area (Å²) in [6.07, 6.45) is 1.48. The first-order valence-corrected chi connectivity index (χ1v) is 11.4. The van der Waals surface area contributed by atoms with Gasteiger partial charge in [-0.25, -0.2) is 4.98 Å². The second-order valence-corrected chi connectivity index (χ2v) is 9.28. The first-order chi connectivity index (χ1) is 15.3. The lowest BCUT2D eigenvalue weighted by molar-refractivity contribution is -0.117. The van der Waals surface area contributed by atoms with Gasteiger partial charge in [0.15, 0.2) is 0 Å². The summed E-state index contributed by atoms with van der Waals surface area (Å²) in [7, 11) is 1.66. The van der Waals surface area contributed by atoms with Gasteiger partial charge in [0.05, 0.1) is 23.1 Å². The fourth-order valence-electron chi connectivity index (χ4n) is 4.06. The second-order valence-electron chi connectivity index (χ2n) is 8.28. The van der Waals surface area contributed by atoms with Crippen molar-refractivity contribution < 1.29 is 9.59 Å². The summed E-state index contributed by atoms with van der Waals surface area (Å²) in [4.78, 5) is 47.4. The third-order valence-electron chi connectivity index (χ3n) is 5.98. The molecule has 1 aliphatic heterocycles. The molecule has 3 aromatic rings. The molecule has 0 spiro atoms. The molecular weight excluding hydrogens is 426 g/mol. The highest BCUT2D eigenvalue weighted by atomic mass is 32.1. The quantitative estimate of drug-likeness (QED) is 0.655. The van der Waals surface area contributed by atoms with Gasteiger partial charge in [0, 0.05) is 38.9 Å². The number of benzene rings is 1. The average molecular weight is 454 g/mol. The molecule has 2 aromatic heterocycles. The molecule has 1 fully saturated rings. The van der Waals surface area contributed by atoms with Gasteiger partial charge in [-0.2, -0.15) is 0 Å². The molecule has 0 unspecified atom stereocenters. The van der Waals surface area contributed by atoms with Gasteiger partial charge < -0.3 is 14.8 Å². The zero-order chi connectivity index (χ0) is 23.0. The zero-order valence-corrected chi connectivity index (χ0v) is 19.6.